The molecule has 2 aromatic carbocycles. The van der Waals surface area contributed by atoms with E-state index in [4.69, 9.17) is 0 Å². The number of anilines is 1. The van der Waals surface area contributed by atoms with Gasteiger partial charge in [-0.3, -0.25) is 10.1 Å². The molecule has 0 atom stereocenters. The van der Waals surface area contributed by atoms with Gasteiger partial charge in [-0.15, -0.1) is 0 Å². The van der Waals surface area contributed by atoms with E-state index in [1.165, 1.54) is 0 Å². The summed E-state index contributed by atoms with van der Waals surface area (Å²) >= 11 is 3.37. The van der Waals surface area contributed by atoms with Crippen molar-refractivity contribution < 1.29 is 4.92 Å². The van der Waals surface area contributed by atoms with E-state index in [0.717, 1.165) is 15.7 Å². The Labute approximate surface area is 119 Å². The smallest absolute Gasteiger partial charge is 0.272 e. The van der Waals surface area contributed by atoms with Crippen molar-refractivity contribution in [2.24, 2.45) is 0 Å². The zero-order chi connectivity index (χ0) is 13.8. The Bertz CT molecular complexity index is 597. The van der Waals surface area contributed by atoms with Crippen LogP contribution in [0.15, 0.2) is 46.9 Å². The highest BCUT2D eigenvalue weighted by atomic mass is 79.9. The number of rotatable bonds is 4. The van der Waals surface area contributed by atoms with E-state index in [-0.39, 0.29) is 10.6 Å². The van der Waals surface area contributed by atoms with Gasteiger partial charge in [0, 0.05) is 28.3 Å². The van der Waals surface area contributed by atoms with Crippen LogP contribution in [0.25, 0.3) is 0 Å². The van der Waals surface area contributed by atoms with Crippen molar-refractivity contribution in [3.8, 4) is 0 Å². The van der Waals surface area contributed by atoms with Gasteiger partial charge < -0.3 is 5.32 Å². The van der Waals surface area contributed by atoms with Crippen molar-refractivity contribution >= 4 is 27.3 Å². The van der Waals surface area contributed by atoms with Crippen molar-refractivity contribution in [3.05, 3.63) is 68.2 Å². The molecule has 0 unspecified atom stereocenters. The number of aryl methyl sites for hydroxylation is 1. The van der Waals surface area contributed by atoms with Crippen LogP contribution in [0.3, 0.4) is 0 Å². The van der Waals surface area contributed by atoms with E-state index < -0.39 is 0 Å². The Morgan fingerprint density at radius 1 is 1.21 bits per heavy atom. The summed E-state index contributed by atoms with van der Waals surface area (Å²) in [5.74, 6) is 0. The summed E-state index contributed by atoms with van der Waals surface area (Å²) < 4.78 is 1.02. The normalized spacial score (nSPS) is 10.2. The van der Waals surface area contributed by atoms with E-state index in [0.29, 0.717) is 12.1 Å². The molecular weight excluding hydrogens is 308 g/mol. The largest absolute Gasteiger partial charge is 0.381 e. The topological polar surface area (TPSA) is 55.2 Å². The summed E-state index contributed by atoms with van der Waals surface area (Å²) in [6, 6.07) is 13.1. The van der Waals surface area contributed by atoms with E-state index in [1.807, 2.05) is 30.3 Å². The SMILES string of the molecule is Cc1ccc(CNc2ccc(Br)cc2)cc1[N+](=O)[O-]. The molecule has 0 aliphatic heterocycles. The molecule has 0 bridgehead atoms. The number of halogens is 1. The van der Waals surface area contributed by atoms with Crippen LogP contribution < -0.4 is 5.32 Å². The lowest BCUT2D eigenvalue weighted by Crippen LogP contribution is -2.01. The highest BCUT2D eigenvalue weighted by Crippen LogP contribution is 2.20. The molecule has 0 fully saturated rings. The van der Waals surface area contributed by atoms with Crippen molar-refractivity contribution in [1.29, 1.82) is 0 Å². The molecule has 0 aliphatic carbocycles. The lowest BCUT2D eigenvalue weighted by molar-refractivity contribution is -0.385. The van der Waals surface area contributed by atoms with Gasteiger partial charge in [-0.1, -0.05) is 28.1 Å². The molecule has 98 valence electrons. The maximum Gasteiger partial charge on any atom is 0.272 e. The number of hydrogen-bond donors (Lipinski definition) is 1. The summed E-state index contributed by atoms with van der Waals surface area (Å²) in [4.78, 5) is 10.5. The predicted molar refractivity (Wildman–Crippen MR) is 79.3 cm³/mol. The molecule has 4 nitrogen and oxygen atoms in total. The molecule has 2 aromatic rings. The van der Waals surface area contributed by atoms with E-state index in [9.17, 15) is 10.1 Å². The standard InChI is InChI=1S/C14H13BrN2O2/c1-10-2-3-11(8-14(10)17(18)19)9-16-13-6-4-12(15)5-7-13/h2-8,16H,9H2,1H3. The van der Waals surface area contributed by atoms with Crippen LogP contribution in [-0.2, 0) is 6.54 Å². The Morgan fingerprint density at radius 3 is 2.53 bits per heavy atom. The van der Waals surface area contributed by atoms with Gasteiger partial charge >= 0.3 is 0 Å². The maximum absolute atomic E-state index is 10.9. The molecule has 5 heteroatoms. The average molecular weight is 321 g/mol. The third-order valence-corrected chi connectivity index (χ3v) is 3.34. The Hall–Kier alpha value is -1.88. The Kier molecular flexibility index (Phi) is 4.16. The second-order valence-corrected chi connectivity index (χ2v) is 5.15. The van der Waals surface area contributed by atoms with Crippen LogP contribution in [0.5, 0.6) is 0 Å². The van der Waals surface area contributed by atoms with Gasteiger partial charge in [0.15, 0.2) is 0 Å². The van der Waals surface area contributed by atoms with Gasteiger partial charge in [0.25, 0.3) is 5.69 Å². The lowest BCUT2D eigenvalue weighted by atomic mass is 10.1. The fourth-order valence-electron chi connectivity index (χ4n) is 1.73. The summed E-state index contributed by atoms with van der Waals surface area (Å²) in [6.45, 7) is 2.30. The van der Waals surface area contributed by atoms with Gasteiger partial charge in [0.2, 0.25) is 0 Å². The summed E-state index contributed by atoms with van der Waals surface area (Å²) in [5, 5.41) is 14.1. The number of nitro groups is 1. The molecule has 19 heavy (non-hydrogen) atoms. The van der Waals surface area contributed by atoms with Crippen LogP contribution >= 0.6 is 15.9 Å². The van der Waals surface area contributed by atoms with E-state index >= 15 is 0 Å². The third-order valence-electron chi connectivity index (χ3n) is 2.81. The maximum atomic E-state index is 10.9. The minimum absolute atomic E-state index is 0.162. The highest BCUT2D eigenvalue weighted by molar-refractivity contribution is 9.10. The first kappa shape index (κ1) is 13.5. The number of nitrogens with one attached hydrogen (secondary N) is 1. The second-order valence-electron chi connectivity index (χ2n) is 4.24. The summed E-state index contributed by atoms with van der Waals surface area (Å²) in [6.07, 6.45) is 0. The molecule has 0 aromatic heterocycles. The molecule has 1 N–H and O–H groups in total. The molecular formula is C14H13BrN2O2. The van der Waals surface area contributed by atoms with Crippen LogP contribution in [0, 0.1) is 17.0 Å². The quantitative estimate of drug-likeness (QED) is 0.675. The zero-order valence-electron chi connectivity index (χ0n) is 10.4. The van der Waals surface area contributed by atoms with Crippen LogP contribution in [0.4, 0.5) is 11.4 Å². The number of benzene rings is 2. The van der Waals surface area contributed by atoms with Crippen molar-refractivity contribution in [1.82, 2.24) is 0 Å². The minimum atomic E-state index is -0.349. The van der Waals surface area contributed by atoms with Gasteiger partial charge in [-0.25, -0.2) is 0 Å². The lowest BCUT2D eigenvalue weighted by Gasteiger charge is -2.07. The fraction of sp³-hybridized carbons (Fsp3) is 0.143. The Balaban J connectivity index is 2.09. The van der Waals surface area contributed by atoms with Crippen LogP contribution in [-0.4, -0.2) is 4.92 Å². The van der Waals surface area contributed by atoms with Crippen molar-refractivity contribution in [3.63, 3.8) is 0 Å². The predicted octanol–water partition coefficient (Wildman–Crippen LogP) is 4.28. The molecule has 0 amide bonds. The first-order valence-corrected chi connectivity index (χ1v) is 6.59. The highest BCUT2D eigenvalue weighted by Gasteiger charge is 2.10. The summed E-state index contributed by atoms with van der Waals surface area (Å²) in [5.41, 5.74) is 2.71. The van der Waals surface area contributed by atoms with Gasteiger partial charge in [-0.2, -0.15) is 0 Å². The molecule has 2 rings (SSSR count). The van der Waals surface area contributed by atoms with Gasteiger partial charge in [-0.05, 0) is 36.8 Å². The first-order chi connectivity index (χ1) is 9.06. The number of nitrogens with zero attached hydrogens (tertiary/aromatic N) is 1. The minimum Gasteiger partial charge on any atom is -0.381 e. The van der Waals surface area contributed by atoms with Crippen molar-refractivity contribution in [2.75, 3.05) is 5.32 Å². The monoisotopic (exact) mass is 320 g/mol. The zero-order valence-corrected chi connectivity index (χ0v) is 12.0. The van der Waals surface area contributed by atoms with E-state index in [2.05, 4.69) is 21.2 Å². The molecule has 0 aliphatic rings. The molecule has 0 heterocycles. The number of hydrogen-bond acceptors (Lipinski definition) is 3. The summed E-state index contributed by atoms with van der Waals surface area (Å²) in [7, 11) is 0. The average Bonchev–Trinajstić information content (AvgIpc) is 2.39. The van der Waals surface area contributed by atoms with E-state index in [1.54, 1.807) is 19.1 Å². The van der Waals surface area contributed by atoms with Crippen LogP contribution in [0.1, 0.15) is 11.1 Å². The second kappa shape index (κ2) is 5.84. The molecule has 0 saturated carbocycles. The van der Waals surface area contributed by atoms with Gasteiger partial charge in [0.05, 0.1) is 4.92 Å². The Morgan fingerprint density at radius 2 is 1.89 bits per heavy atom. The van der Waals surface area contributed by atoms with Crippen molar-refractivity contribution in [2.45, 2.75) is 13.5 Å². The number of nitro benzene ring substituents is 1. The fourth-order valence-corrected chi connectivity index (χ4v) is 2.00. The molecule has 0 spiro atoms. The van der Waals surface area contributed by atoms with Gasteiger partial charge in [0.1, 0.15) is 0 Å². The molecule has 0 saturated heterocycles. The third kappa shape index (κ3) is 3.54. The first-order valence-electron chi connectivity index (χ1n) is 5.79. The van der Waals surface area contributed by atoms with Crippen LogP contribution in [0.2, 0.25) is 0 Å². The molecule has 0 radical (unpaired) electrons.